The first-order valence-corrected chi connectivity index (χ1v) is 11.5. The monoisotopic (exact) mass is 436 g/mol. The van der Waals surface area contributed by atoms with Crippen molar-refractivity contribution in [1.29, 1.82) is 0 Å². The summed E-state index contributed by atoms with van der Waals surface area (Å²) in [4.78, 5) is 12.2. The number of hydrogen-bond donors (Lipinski definition) is 1. The summed E-state index contributed by atoms with van der Waals surface area (Å²) in [6.45, 7) is 3.41. The number of nitrogens with one attached hydrogen (secondary N) is 1. The number of sulfonamides is 1. The summed E-state index contributed by atoms with van der Waals surface area (Å²) in [5.74, 6) is 0.574. The zero-order chi connectivity index (χ0) is 20.9. The Hall–Kier alpha value is -2.09. The molecule has 29 heavy (non-hydrogen) atoms. The highest BCUT2D eigenvalue weighted by atomic mass is 35.5. The van der Waals surface area contributed by atoms with Gasteiger partial charge in [0, 0.05) is 25.2 Å². The van der Waals surface area contributed by atoms with Crippen LogP contribution in [-0.4, -0.2) is 38.3 Å². The SMILES string of the molecule is Cc1cccc(OCCCC(=O)Nc2ccc(Cl)c(S(=O)(=O)N3CCCC3)c2)c1. The van der Waals surface area contributed by atoms with Crippen LogP contribution in [0, 0.1) is 6.92 Å². The lowest BCUT2D eigenvalue weighted by Gasteiger charge is -2.17. The molecular weight excluding hydrogens is 412 g/mol. The fourth-order valence-corrected chi connectivity index (χ4v) is 5.22. The van der Waals surface area contributed by atoms with E-state index in [9.17, 15) is 13.2 Å². The number of aryl methyl sites for hydroxylation is 1. The van der Waals surface area contributed by atoms with E-state index in [4.69, 9.17) is 16.3 Å². The Kier molecular flexibility index (Phi) is 7.16. The van der Waals surface area contributed by atoms with Crippen LogP contribution < -0.4 is 10.1 Å². The highest BCUT2D eigenvalue weighted by Gasteiger charge is 2.29. The second-order valence-electron chi connectivity index (χ2n) is 7.07. The molecule has 1 saturated heterocycles. The second-order valence-corrected chi connectivity index (χ2v) is 9.39. The van der Waals surface area contributed by atoms with E-state index in [1.54, 1.807) is 6.07 Å². The smallest absolute Gasteiger partial charge is 0.244 e. The number of amides is 1. The molecule has 1 aliphatic rings. The van der Waals surface area contributed by atoms with Crippen LogP contribution in [0.25, 0.3) is 0 Å². The quantitative estimate of drug-likeness (QED) is 0.628. The van der Waals surface area contributed by atoms with E-state index >= 15 is 0 Å². The van der Waals surface area contributed by atoms with Gasteiger partial charge >= 0.3 is 0 Å². The number of hydrogen-bond acceptors (Lipinski definition) is 4. The van der Waals surface area contributed by atoms with Crippen LogP contribution >= 0.6 is 11.6 Å². The number of carbonyl (C=O) groups excluding carboxylic acids is 1. The van der Waals surface area contributed by atoms with Crippen molar-refractivity contribution < 1.29 is 17.9 Å². The summed E-state index contributed by atoms with van der Waals surface area (Å²) >= 11 is 6.13. The maximum Gasteiger partial charge on any atom is 0.244 e. The highest BCUT2D eigenvalue weighted by Crippen LogP contribution is 2.29. The highest BCUT2D eigenvalue weighted by molar-refractivity contribution is 7.89. The van der Waals surface area contributed by atoms with Crippen LogP contribution in [0.2, 0.25) is 5.02 Å². The van der Waals surface area contributed by atoms with Gasteiger partial charge in [-0.25, -0.2) is 8.42 Å². The van der Waals surface area contributed by atoms with E-state index < -0.39 is 10.0 Å². The second kappa shape index (κ2) is 9.61. The lowest BCUT2D eigenvalue weighted by atomic mass is 10.2. The zero-order valence-electron chi connectivity index (χ0n) is 16.4. The Labute approximate surface area is 176 Å². The van der Waals surface area contributed by atoms with Gasteiger partial charge in [-0.05, 0) is 62.1 Å². The number of carbonyl (C=O) groups is 1. The molecule has 0 aromatic heterocycles. The summed E-state index contributed by atoms with van der Waals surface area (Å²) in [6.07, 6.45) is 2.50. The van der Waals surface area contributed by atoms with E-state index in [1.807, 2.05) is 31.2 Å². The van der Waals surface area contributed by atoms with Gasteiger partial charge in [-0.15, -0.1) is 0 Å². The third kappa shape index (κ3) is 5.72. The molecule has 1 aliphatic heterocycles. The van der Waals surface area contributed by atoms with Crippen molar-refractivity contribution in [1.82, 2.24) is 4.31 Å². The lowest BCUT2D eigenvalue weighted by molar-refractivity contribution is -0.116. The van der Waals surface area contributed by atoms with Gasteiger partial charge in [-0.1, -0.05) is 23.7 Å². The Balaban J connectivity index is 1.55. The fourth-order valence-electron chi connectivity index (χ4n) is 3.20. The average Bonchev–Trinajstić information content (AvgIpc) is 3.22. The predicted octanol–water partition coefficient (Wildman–Crippen LogP) is 4.23. The average molecular weight is 437 g/mol. The summed E-state index contributed by atoms with van der Waals surface area (Å²) in [5.41, 5.74) is 1.53. The number of halogens is 1. The van der Waals surface area contributed by atoms with Gasteiger partial charge in [0.25, 0.3) is 0 Å². The summed E-state index contributed by atoms with van der Waals surface area (Å²) in [5, 5.41) is 2.90. The number of anilines is 1. The van der Waals surface area contributed by atoms with Gasteiger partial charge < -0.3 is 10.1 Å². The third-order valence-corrected chi connectivity index (χ3v) is 7.08. The molecule has 2 aromatic carbocycles. The topological polar surface area (TPSA) is 75.7 Å². The van der Waals surface area contributed by atoms with Crippen LogP contribution in [0.4, 0.5) is 5.69 Å². The van der Waals surface area contributed by atoms with E-state index in [2.05, 4.69) is 5.32 Å². The Morgan fingerprint density at radius 1 is 1.17 bits per heavy atom. The molecule has 6 nitrogen and oxygen atoms in total. The first-order chi connectivity index (χ1) is 13.9. The zero-order valence-corrected chi connectivity index (χ0v) is 17.9. The summed E-state index contributed by atoms with van der Waals surface area (Å²) < 4.78 is 32.6. The fraction of sp³-hybridized carbons (Fsp3) is 0.381. The predicted molar refractivity (Wildman–Crippen MR) is 114 cm³/mol. The Morgan fingerprint density at radius 3 is 2.66 bits per heavy atom. The van der Waals surface area contributed by atoms with Crippen molar-refractivity contribution in [3.05, 3.63) is 53.1 Å². The molecule has 1 amide bonds. The van der Waals surface area contributed by atoms with Crippen molar-refractivity contribution in [3.63, 3.8) is 0 Å². The lowest BCUT2D eigenvalue weighted by Crippen LogP contribution is -2.28. The van der Waals surface area contributed by atoms with E-state index in [0.29, 0.717) is 31.8 Å². The number of rotatable bonds is 8. The molecule has 0 bridgehead atoms. The third-order valence-electron chi connectivity index (χ3n) is 4.70. The van der Waals surface area contributed by atoms with Gasteiger partial charge in [0.05, 0.1) is 11.6 Å². The van der Waals surface area contributed by atoms with Crippen molar-refractivity contribution in [3.8, 4) is 5.75 Å². The normalized spacial score (nSPS) is 14.7. The molecule has 1 N–H and O–H groups in total. The van der Waals surface area contributed by atoms with Crippen molar-refractivity contribution in [2.45, 2.75) is 37.5 Å². The maximum atomic E-state index is 12.8. The van der Waals surface area contributed by atoms with Crippen LogP contribution in [0.3, 0.4) is 0 Å². The molecule has 0 saturated carbocycles. The first kappa shape index (κ1) is 21.6. The van der Waals surface area contributed by atoms with Crippen LogP contribution in [0.5, 0.6) is 5.75 Å². The maximum absolute atomic E-state index is 12.8. The first-order valence-electron chi connectivity index (χ1n) is 9.65. The molecule has 1 fully saturated rings. The minimum atomic E-state index is -3.65. The standard InChI is InChI=1S/C21H25ClN2O4S/c1-16-6-4-7-18(14-16)28-13-5-8-21(25)23-17-9-10-19(22)20(15-17)29(26,27)24-11-2-3-12-24/h4,6-7,9-10,14-15H,2-3,5,8,11-13H2,1H3,(H,23,25). The Morgan fingerprint density at radius 2 is 1.93 bits per heavy atom. The van der Waals surface area contributed by atoms with Crippen LogP contribution in [0.1, 0.15) is 31.2 Å². The molecule has 0 atom stereocenters. The van der Waals surface area contributed by atoms with Gasteiger partial charge in [0.15, 0.2) is 0 Å². The van der Waals surface area contributed by atoms with Crippen LogP contribution in [0.15, 0.2) is 47.4 Å². The van der Waals surface area contributed by atoms with Gasteiger partial charge in [0.1, 0.15) is 10.6 Å². The van der Waals surface area contributed by atoms with Crippen LogP contribution in [-0.2, 0) is 14.8 Å². The van der Waals surface area contributed by atoms with Crippen molar-refractivity contribution in [2.75, 3.05) is 25.0 Å². The van der Waals surface area contributed by atoms with Gasteiger partial charge in [-0.3, -0.25) is 4.79 Å². The molecule has 8 heteroatoms. The van der Waals surface area contributed by atoms with Crippen molar-refractivity contribution in [2.24, 2.45) is 0 Å². The van der Waals surface area contributed by atoms with E-state index in [-0.39, 0.29) is 22.2 Å². The van der Waals surface area contributed by atoms with Gasteiger partial charge in [-0.2, -0.15) is 4.31 Å². The molecule has 2 aromatic rings. The minimum Gasteiger partial charge on any atom is -0.494 e. The minimum absolute atomic E-state index is 0.0293. The Bertz CT molecular complexity index is 972. The number of benzene rings is 2. The van der Waals surface area contributed by atoms with E-state index in [0.717, 1.165) is 24.2 Å². The molecule has 3 rings (SSSR count). The molecule has 1 heterocycles. The molecular formula is C21H25ClN2O4S. The largest absolute Gasteiger partial charge is 0.494 e. The number of nitrogens with zero attached hydrogens (tertiary/aromatic N) is 1. The van der Waals surface area contributed by atoms with Crippen molar-refractivity contribution >= 4 is 33.2 Å². The number of ether oxygens (including phenoxy) is 1. The molecule has 0 radical (unpaired) electrons. The molecule has 0 aliphatic carbocycles. The van der Waals surface area contributed by atoms with Gasteiger partial charge in [0.2, 0.25) is 15.9 Å². The molecule has 0 spiro atoms. The molecule has 0 unspecified atom stereocenters. The molecule has 156 valence electrons. The van der Waals surface area contributed by atoms with E-state index in [1.165, 1.54) is 16.4 Å². The summed E-state index contributed by atoms with van der Waals surface area (Å²) in [7, 11) is -3.65. The summed E-state index contributed by atoms with van der Waals surface area (Å²) in [6, 6.07) is 12.3.